The van der Waals surface area contributed by atoms with E-state index in [2.05, 4.69) is 50.3 Å². The topological polar surface area (TPSA) is 0 Å². The third-order valence-electron chi connectivity index (χ3n) is 6.53. The van der Waals surface area contributed by atoms with Gasteiger partial charge in [0.05, 0.1) is 0 Å². The normalized spacial score (nSPS) is 26.2. The maximum Gasteiger partial charge on any atom is -0.00695 e. The molecule has 0 N–H and O–H groups in total. The minimum Gasteiger partial charge on any atom is -0.0839 e. The molecule has 4 rings (SSSR count). The van der Waals surface area contributed by atoms with E-state index in [-0.39, 0.29) is 5.41 Å². The molecule has 132 valence electrons. The van der Waals surface area contributed by atoms with E-state index in [4.69, 9.17) is 0 Å². The van der Waals surface area contributed by atoms with E-state index in [9.17, 15) is 0 Å². The highest BCUT2D eigenvalue weighted by atomic mass is 14.3. The van der Waals surface area contributed by atoms with Crippen molar-refractivity contribution in [2.75, 3.05) is 0 Å². The van der Waals surface area contributed by atoms with Gasteiger partial charge in [0.25, 0.3) is 0 Å². The third kappa shape index (κ3) is 3.54. The fourth-order valence-corrected chi connectivity index (χ4v) is 5.00. The number of allylic oxidation sites excluding steroid dienone is 12. The summed E-state index contributed by atoms with van der Waals surface area (Å²) >= 11 is 0. The Bertz CT molecular complexity index is 728. The summed E-state index contributed by atoms with van der Waals surface area (Å²) in [4.78, 5) is 0. The molecule has 0 aromatic carbocycles. The molecular weight excluding hydrogens is 300 g/mol. The number of rotatable bonds is 1. The lowest BCUT2D eigenvalue weighted by Gasteiger charge is -2.30. The van der Waals surface area contributed by atoms with Crippen LogP contribution in [0.4, 0.5) is 0 Å². The summed E-state index contributed by atoms with van der Waals surface area (Å²) in [5.41, 5.74) is 10.1. The van der Waals surface area contributed by atoms with Gasteiger partial charge in [0.2, 0.25) is 0 Å². The summed E-state index contributed by atoms with van der Waals surface area (Å²) in [5, 5.41) is 0. The predicted octanol–water partition coefficient (Wildman–Crippen LogP) is 7.53. The molecule has 0 saturated heterocycles. The predicted molar refractivity (Wildman–Crippen MR) is 108 cm³/mol. The van der Waals surface area contributed by atoms with Gasteiger partial charge in [-0.25, -0.2) is 0 Å². The van der Waals surface area contributed by atoms with E-state index in [0.29, 0.717) is 0 Å². The molecular formula is C25H32. The molecule has 0 radical (unpaired) electrons. The molecule has 0 atom stereocenters. The first-order valence-corrected chi connectivity index (χ1v) is 10.3. The zero-order valence-corrected chi connectivity index (χ0v) is 16.0. The molecule has 0 heterocycles. The summed E-state index contributed by atoms with van der Waals surface area (Å²) in [7, 11) is 0. The van der Waals surface area contributed by atoms with Crippen LogP contribution in [0, 0.1) is 5.41 Å². The Morgan fingerprint density at radius 1 is 0.760 bits per heavy atom. The van der Waals surface area contributed by atoms with Gasteiger partial charge in [0.1, 0.15) is 0 Å². The van der Waals surface area contributed by atoms with Gasteiger partial charge in [-0.05, 0) is 97.5 Å². The second-order valence-electron chi connectivity index (χ2n) is 8.79. The van der Waals surface area contributed by atoms with Crippen LogP contribution < -0.4 is 0 Å². The summed E-state index contributed by atoms with van der Waals surface area (Å²) < 4.78 is 0. The molecule has 0 saturated carbocycles. The molecule has 0 fully saturated rings. The highest BCUT2D eigenvalue weighted by molar-refractivity contribution is 5.47. The van der Waals surface area contributed by atoms with Crippen molar-refractivity contribution in [1.82, 2.24) is 0 Å². The summed E-state index contributed by atoms with van der Waals surface area (Å²) in [6.07, 6.45) is 27.2. The van der Waals surface area contributed by atoms with Gasteiger partial charge in [-0.1, -0.05) is 55.9 Å². The molecule has 0 aliphatic heterocycles. The van der Waals surface area contributed by atoms with Crippen LogP contribution in [0.15, 0.2) is 69.9 Å². The van der Waals surface area contributed by atoms with Gasteiger partial charge >= 0.3 is 0 Å². The van der Waals surface area contributed by atoms with E-state index in [1.165, 1.54) is 64.2 Å². The Morgan fingerprint density at radius 3 is 2.52 bits per heavy atom. The van der Waals surface area contributed by atoms with Crippen LogP contribution in [-0.2, 0) is 0 Å². The molecule has 0 bridgehead atoms. The van der Waals surface area contributed by atoms with E-state index >= 15 is 0 Å². The lowest BCUT2D eigenvalue weighted by molar-refractivity contribution is 0.454. The van der Waals surface area contributed by atoms with Crippen molar-refractivity contribution < 1.29 is 0 Å². The van der Waals surface area contributed by atoms with Gasteiger partial charge in [0, 0.05) is 0 Å². The SMILES string of the molecule is CC1(C)CC=C(C2=CC3=C(C=CCC3)CC2)CCCC2=C1C=CCC2. The Kier molecular flexibility index (Phi) is 4.71. The first kappa shape index (κ1) is 16.9. The van der Waals surface area contributed by atoms with Crippen molar-refractivity contribution >= 4 is 0 Å². The third-order valence-corrected chi connectivity index (χ3v) is 6.53. The minimum absolute atomic E-state index is 0.273. The molecule has 0 nitrogen and oxygen atoms in total. The molecule has 4 aliphatic carbocycles. The van der Waals surface area contributed by atoms with Crippen molar-refractivity contribution in [3.05, 3.63) is 69.9 Å². The highest BCUT2D eigenvalue weighted by Crippen LogP contribution is 2.42. The number of hydrogen-bond donors (Lipinski definition) is 0. The number of hydrogen-bond acceptors (Lipinski definition) is 0. The van der Waals surface area contributed by atoms with Crippen LogP contribution in [0.25, 0.3) is 0 Å². The first-order valence-electron chi connectivity index (χ1n) is 10.3. The molecule has 0 spiro atoms. The molecule has 0 amide bonds. The van der Waals surface area contributed by atoms with Gasteiger partial charge in [-0.3, -0.25) is 0 Å². The molecule has 0 heteroatoms. The maximum absolute atomic E-state index is 2.59. The second kappa shape index (κ2) is 6.98. The lowest BCUT2D eigenvalue weighted by atomic mass is 9.75. The van der Waals surface area contributed by atoms with E-state index in [0.717, 1.165) is 0 Å². The van der Waals surface area contributed by atoms with E-state index in [1.54, 1.807) is 33.4 Å². The quantitative estimate of drug-likeness (QED) is 0.465. The van der Waals surface area contributed by atoms with Crippen molar-refractivity contribution in [2.24, 2.45) is 5.41 Å². The van der Waals surface area contributed by atoms with Crippen LogP contribution in [0.1, 0.15) is 78.1 Å². The fraction of sp³-hybridized carbons (Fsp3) is 0.520. The van der Waals surface area contributed by atoms with Crippen molar-refractivity contribution in [1.29, 1.82) is 0 Å². The first-order chi connectivity index (χ1) is 12.1. The summed E-state index contributed by atoms with van der Waals surface area (Å²) in [6.45, 7) is 4.89. The van der Waals surface area contributed by atoms with Crippen molar-refractivity contribution in [3.63, 3.8) is 0 Å². The Hall–Kier alpha value is -1.56. The Balaban J connectivity index is 1.61. The maximum atomic E-state index is 2.59. The van der Waals surface area contributed by atoms with Crippen LogP contribution in [0.3, 0.4) is 0 Å². The smallest absolute Gasteiger partial charge is 0.00695 e. The van der Waals surface area contributed by atoms with Crippen molar-refractivity contribution in [2.45, 2.75) is 78.1 Å². The highest BCUT2D eigenvalue weighted by Gasteiger charge is 2.26. The second-order valence-corrected chi connectivity index (χ2v) is 8.79. The van der Waals surface area contributed by atoms with Crippen LogP contribution in [-0.4, -0.2) is 0 Å². The molecule has 25 heavy (non-hydrogen) atoms. The zero-order chi connectivity index (χ0) is 17.3. The van der Waals surface area contributed by atoms with Gasteiger partial charge in [-0.15, -0.1) is 0 Å². The van der Waals surface area contributed by atoms with Gasteiger partial charge < -0.3 is 0 Å². The largest absolute Gasteiger partial charge is 0.0839 e. The average Bonchev–Trinajstić information content (AvgIpc) is 2.70. The van der Waals surface area contributed by atoms with Gasteiger partial charge in [0.15, 0.2) is 0 Å². The van der Waals surface area contributed by atoms with Crippen LogP contribution in [0.5, 0.6) is 0 Å². The lowest BCUT2D eigenvalue weighted by Crippen LogP contribution is -2.16. The summed E-state index contributed by atoms with van der Waals surface area (Å²) in [5.74, 6) is 0. The van der Waals surface area contributed by atoms with Crippen LogP contribution in [0.2, 0.25) is 0 Å². The van der Waals surface area contributed by atoms with E-state index in [1.807, 2.05) is 0 Å². The summed E-state index contributed by atoms with van der Waals surface area (Å²) in [6, 6.07) is 0. The standard InChI is InChI=1S/C25H32/c1-25(2)17-16-20(11-7-12-21-9-5-6-13-24(21)25)23-15-14-19-8-3-4-10-22(19)18-23/h3,6,8,13,16,18H,4-5,7,9-12,14-15,17H2,1-2H3. The van der Waals surface area contributed by atoms with Crippen molar-refractivity contribution in [3.8, 4) is 0 Å². The fourth-order valence-electron chi connectivity index (χ4n) is 5.00. The average molecular weight is 333 g/mol. The molecule has 4 aliphatic rings. The Morgan fingerprint density at radius 2 is 1.60 bits per heavy atom. The molecule has 0 aromatic rings. The molecule has 0 unspecified atom stereocenters. The zero-order valence-electron chi connectivity index (χ0n) is 16.0. The Labute approximate surface area is 153 Å². The van der Waals surface area contributed by atoms with Gasteiger partial charge in [-0.2, -0.15) is 0 Å². The van der Waals surface area contributed by atoms with E-state index < -0.39 is 0 Å². The monoisotopic (exact) mass is 332 g/mol. The molecule has 0 aromatic heterocycles. The minimum atomic E-state index is 0.273. The van der Waals surface area contributed by atoms with Crippen LogP contribution >= 0.6 is 0 Å².